The highest BCUT2D eigenvalue weighted by Gasteiger charge is 2.31. The van der Waals surface area contributed by atoms with Gasteiger partial charge in [0.25, 0.3) is 5.56 Å². The van der Waals surface area contributed by atoms with E-state index < -0.39 is 7.75 Å². The number of nitrogens with zero attached hydrogens (tertiary/aromatic N) is 3. The molecular weight excluding hydrogens is 631 g/mol. The molecule has 48 heavy (non-hydrogen) atoms. The Balaban J connectivity index is 1.19. The van der Waals surface area contributed by atoms with Crippen LogP contribution in [0.3, 0.4) is 0 Å². The SMILES string of the molecule is CCC=CCC=CCC=CCC=CCC=CCC=CCCC(=O)NCCNP(=O)(OC)OC[C@@H]1CCC(n2cnc3c(=O)[nH]cnc32)O1. The molecule has 0 bridgehead atoms. The lowest BCUT2D eigenvalue weighted by atomic mass is 10.2. The molecular formula is C35H51N6O6P. The number of nitrogens with one attached hydrogen (secondary N) is 3. The van der Waals surface area contributed by atoms with Crippen molar-refractivity contribution in [3.63, 3.8) is 0 Å². The first-order valence-electron chi connectivity index (χ1n) is 16.7. The number of hydrogen-bond donors (Lipinski definition) is 3. The Morgan fingerprint density at radius 3 is 2.21 bits per heavy atom. The van der Waals surface area contributed by atoms with E-state index in [2.05, 4.69) is 99.1 Å². The van der Waals surface area contributed by atoms with Crippen LogP contribution in [0.15, 0.2) is 90.4 Å². The molecule has 0 aromatic carbocycles. The van der Waals surface area contributed by atoms with Gasteiger partial charge in [0, 0.05) is 26.6 Å². The van der Waals surface area contributed by atoms with Crippen LogP contribution in [-0.4, -0.2) is 58.3 Å². The van der Waals surface area contributed by atoms with E-state index in [-0.39, 0.29) is 49.0 Å². The molecule has 0 aliphatic carbocycles. The van der Waals surface area contributed by atoms with Gasteiger partial charge in [0.1, 0.15) is 6.23 Å². The number of fused-ring (bicyclic) bond motifs is 1. The number of carbonyl (C=O) groups excluding carboxylic acids is 1. The van der Waals surface area contributed by atoms with E-state index >= 15 is 0 Å². The summed E-state index contributed by atoms with van der Waals surface area (Å²) in [4.78, 5) is 34.9. The molecule has 3 N–H and O–H groups in total. The van der Waals surface area contributed by atoms with Crippen molar-refractivity contribution in [3.05, 3.63) is 95.9 Å². The summed E-state index contributed by atoms with van der Waals surface area (Å²) < 4.78 is 31.4. The van der Waals surface area contributed by atoms with Gasteiger partial charge in [-0.1, -0.05) is 79.8 Å². The third-order valence-corrected chi connectivity index (χ3v) is 8.90. The lowest BCUT2D eigenvalue weighted by Gasteiger charge is -2.20. The summed E-state index contributed by atoms with van der Waals surface area (Å²) >= 11 is 0. The molecule has 1 aliphatic heterocycles. The van der Waals surface area contributed by atoms with E-state index in [4.69, 9.17) is 13.8 Å². The Kier molecular flexibility index (Phi) is 18.4. The second kappa shape index (κ2) is 22.8. The Morgan fingerprint density at radius 1 is 0.958 bits per heavy atom. The van der Waals surface area contributed by atoms with Crippen molar-refractivity contribution in [2.45, 2.75) is 83.5 Å². The van der Waals surface area contributed by atoms with Gasteiger partial charge in [0.05, 0.1) is 25.4 Å². The minimum atomic E-state index is -3.58. The molecule has 2 aromatic heterocycles. The zero-order valence-electron chi connectivity index (χ0n) is 28.2. The Hall–Kier alpha value is -3.67. The second-order valence-corrected chi connectivity index (χ2v) is 13.0. The van der Waals surface area contributed by atoms with Gasteiger partial charge < -0.3 is 19.6 Å². The van der Waals surface area contributed by atoms with E-state index in [0.29, 0.717) is 31.3 Å². The highest BCUT2D eigenvalue weighted by molar-refractivity contribution is 7.51. The van der Waals surface area contributed by atoms with Crippen LogP contribution in [0.1, 0.15) is 77.4 Å². The maximum atomic E-state index is 13.0. The molecule has 13 heteroatoms. The largest absolute Gasteiger partial charge is 0.405 e. The van der Waals surface area contributed by atoms with Gasteiger partial charge in [0.2, 0.25) is 5.91 Å². The number of aromatic nitrogens is 4. The molecule has 1 saturated heterocycles. The molecule has 1 fully saturated rings. The average Bonchev–Trinajstić information content (AvgIpc) is 3.75. The van der Waals surface area contributed by atoms with E-state index in [9.17, 15) is 14.2 Å². The molecule has 3 rings (SSSR count). The summed E-state index contributed by atoms with van der Waals surface area (Å²) in [6, 6.07) is 0. The van der Waals surface area contributed by atoms with Crippen LogP contribution in [0.25, 0.3) is 11.2 Å². The fraction of sp³-hybridized carbons (Fsp3) is 0.486. The molecule has 0 saturated carbocycles. The molecule has 0 spiro atoms. The Bertz CT molecular complexity index is 1520. The number of hydrogen-bond acceptors (Lipinski definition) is 8. The van der Waals surface area contributed by atoms with Gasteiger partial charge in [0.15, 0.2) is 11.2 Å². The topological polar surface area (TPSA) is 149 Å². The van der Waals surface area contributed by atoms with Crippen LogP contribution in [0.4, 0.5) is 0 Å². The minimum absolute atomic E-state index is 0.0492. The van der Waals surface area contributed by atoms with Crippen molar-refractivity contribution in [1.82, 2.24) is 29.9 Å². The summed E-state index contributed by atoms with van der Waals surface area (Å²) in [6.07, 6.45) is 36.1. The first-order valence-corrected chi connectivity index (χ1v) is 18.3. The number of rotatable bonds is 23. The quantitative estimate of drug-likeness (QED) is 0.0657. The van der Waals surface area contributed by atoms with Crippen molar-refractivity contribution in [2.75, 3.05) is 26.8 Å². The molecule has 3 heterocycles. The summed E-state index contributed by atoms with van der Waals surface area (Å²) in [5.41, 5.74) is 0.369. The molecule has 0 radical (unpaired) electrons. The average molecular weight is 683 g/mol. The summed E-state index contributed by atoms with van der Waals surface area (Å²) in [5, 5.41) is 5.58. The first-order chi connectivity index (χ1) is 23.5. The van der Waals surface area contributed by atoms with Gasteiger partial charge in [-0.3, -0.25) is 18.7 Å². The fourth-order valence-electron chi connectivity index (χ4n) is 4.77. The minimum Gasteiger partial charge on any atom is -0.355 e. The normalized spacial score (nSPS) is 18.6. The third-order valence-electron chi connectivity index (χ3n) is 7.32. The van der Waals surface area contributed by atoms with Crippen molar-refractivity contribution in [2.24, 2.45) is 0 Å². The number of H-pyrrole nitrogens is 1. The van der Waals surface area contributed by atoms with Gasteiger partial charge in [-0.15, -0.1) is 0 Å². The fourth-order valence-corrected chi connectivity index (χ4v) is 5.84. The van der Waals surface area contributed by atoms with Crippen LogP contribution < -0.4 is 16.0 Å². The monoisotopic (exact) mass is 682 g/mol. The number of aromatic amines is 1. The summed E-state index contributed by atoms with van der Waals surface area (Å²) in [5.74, 6) is -0.0848. The van der Waals surface area contributed by atoms with Gasteiger partial charge in [-0.25, -0.2) is 19.6 Å². The molecule has 2 unspecified atom stereocenters. The zero-order chi connectivity index (χ0) is 34.3. The van der Waals surface area contributed by atoms with Crippen LogP contribution in [0, 0.1) is 0 Å². The number of ether oxygens (including phenoxy) is 1. The predicted molar refractivity (Wildman–Crippen MR) is 190 cm³/mol. The van der Waals surface area contributed by atoms with Crippen LogP contribution in [0.2, 0.25) is 0 Å². The lowest BCUT2D eigenvalue weighted by Crippen LogP contribution is -2.31. The Labute approximate surface area is 283 Å². The van der Waals surface area contributed by atoms with E-state index in [1.165, 1.54) is 19.8 Å². The number of amides is 1. The smallest absolute Gasteiger partial charge is 0.355 e. The molecule has 1 amide bonds. The molecule has 2 aromatic rings. The van der Waals surface area contributed by atoms with Crippen molar-refractivity contribution < 1.29 is 23.1 Å². The second-order valence-electron chi connectivity index (χ2n) is 11.0. The van der Waals surface area contributed by atoms with E-state index in [1.807, 2.05) is 6.08 Å². The standard InChI is InChI=1S/C35H51N6O6P/c1-3-4-5-6-7-8-9-10-11-12-13-14-15-16-17-18-19-20-21-22-31(42)36-25-26-40-48(44,45-2)46-27-30-23-24-32(47-30)41-29-39-33-34(41)37-28-38-35(33)43/h4-5,7-8,10-11,13-14,16-17,19-20,28-30,32H,3,6,9,12,15,18,21-27H2,1-2H3,(H,36,42)(H,40,44)(H,37,38,43)/t30-,32?,48?/m0/s1. The number of allylic oxidation sites excluding steroid dienone is 12. The lowest BCUT2D eigenvalue weighted by molar-refractivity contribution is -0.120. The number of imidazole rings is 1. The highest BCUT2D eigenvalue weighted by atomic mass is 31.2. The van der Waals surface area contributed by atoms with Crippen molar-refractivity contribution in [3.8, 4) is 0 Å². The zero-order valence-corrected chi connectivity index (χ0v) is 29.1. The van der Waals surface area contributed by atoms with Gasteiger partial charge in [-0.2, -0.15) is 0 Å². The molecule has 262 valence electrons. The van der Waals surface area contributed by atoms with Crippen LogP contribution in [0.5, 0.6) is 0 Å². The molecule has 12 nitrogen and oxygen atoms in total. The maximum absolute atomic E-state index is 13.0. The number of carbonyl (C=O) groups is 1. The summed E-state index contributed by atoms with van der Waals surface area (Å²) in [6.45, 7) is 2.69. The van der Waals surface area contributed by atoms with E-state index in [1.54, 1.807) is 4.57 Å². The van der Waals surface area contributed by atoms with E-state index in [0.717, 1.165) is 38.5 Å². The Morgan fingerprint density at radius 2 is 1.58 bits per heavy atom. The van der Waals surface area contributed by atoms with Gasteiger partial charge in [-0.05, 0) is 57.8 Å². The summed E-state index contributed by atoms with van der Waals surface area (Å²) in [7, 11) is -2.28. The van der Waals surface area contributed by atoms with Gasteiger partial charge >= 0.3 is 7.75 Å². The molecule has 3 atom stereocenters. The molecule has 1 aliphatic rings. The maximum Gasteiger partial charge on any atom is 0.405 e. The predicted octanol–water partition coefficient (Wildman–Crippen LogP) is 6.75. The van der Waals surface area contributed by atoms with Crippen LogP contribution in [-0.2, 0) is 23.1 Å². The first kappa shape index (κ1) is 38.8. The van der Waals surface area contributed by atoms with Crippen LogP contribution >= 0.6 is 7.75 Å². The third kappa shape index (κ3) is 14.6. The van der Waals surface area contributed by atoms with Crippen molar-refractivity contribution >= 4 is 24.8 Å². The highest BCUT2D eigenvalue weighted by Crippen LogP contribution is 2.43. The van der Waals surface area contributed by atoms with Crippen molar-refractivity contribution in [1.29, 1.82) is 0 Å².